The van der Waals surface area contributed by atoms with Gasteiger partial charge in [0, 0.05) is 0 Å². The first-order chi connectivity index (χ1) is 12.0. The zero-order chi connectivity index (χ0) is 18.2. The van der Waals surface area contributed by atoms with Gasteiger partial charge < -0.3 is 10.2 Å². The van der Waals surface area contributed by atoms with Crippen molar-refractivity contribution in [2.75, 3.05) is 0 Å². The Morgan fingerprint density at radius 3 is 2.12 bits per heavy atom. The van der Waals surface area contributed by atoms with Crippen molar-refractivity contribution >= 4 is 11.9 Å². The molecule has 0 atom stereocenters. The van der Waals surface area contributed by atoms with E-state index in [0.29, 0.717) is 12.0 Å². The molecule has 0 amide bonds. The third-order valence-electron chi connectivity index (χ3n) is 4.32. The molecule has 0 aliphatic heterocycles. The summed E-state index contributed by atoms with van der Waals surface area (Å²) in [6.07, 6.45) is 6.35. The summed E-state index contributed by atoms with van der Waals surface area (Å²) >= 11 is 0. The van der Waals surface area contributed by atoms with E-state index in [9.17, 15) is 14.7 Å². The Labute approximate surface area is 148 Å². The molecule has 2 aromatic rings. The highest BCUT2D eigenvalue weighted by Crippen LogP contribution is 2.18. The molecule has 0 spiro atoms. The molecule has 4 nitrogen and oxygen atoms in total. The number of hydrogen-bond acceptors (Lipinski definition) is 2. The van der Waals surface area contributed by atoms with Crippen molar-refractivity contribution in [3.63, 3.8) is 0 Å². The Kier molecular flexibility index (Phi) is 6.75. The minimum atomic E-state index is -1.05. The topological polar surface area (TPSA) is 74.6 Å². The summed E-state index contributed by atoms with van der Waals surface area (Å²) in [6.45, 7) is 2.19. The van der Waals surface area contributed by atoms with Crippen molar-refractivity contribution in [3.8, 4) is 0 Å². The molecule has 0 saturated carbocycles. The van der Waals surface area contributed by atoms with Gasteiger partial charge in [-0.1, -0.05) is 50.5 Å². The molecule has 0 unspecified atom stereocenters. The average Bonchev–Trinajstić information content (AvgIpc) is 2.60. The van der Waals surface area contributed by atoms with Crippen LogP contribution in [0.15, 0.2) is 42.5 Å². The van der Waals surface area contributed by atoms with Crippen molar-refractivity contribution in [3.05, 3.63) is 70.3 Å². The van der Waals surface area contributed by atoms with E-state index in [0.717, 1.165) is 12.0 Å². The Balaban J connectivity index is 2.11. The zero-order valence-electron chi connectivity index (χ0n) is 14.5. The standard InChI is InChI=1S/C21H24O4/c1-2-3-4-5-6-15-7-9-16(10-8-15)13-18-14-17(20(22)23)11-12-19(18)21(24)25/h7-12,14H,2-6,13H2,1H3,(H,22,23)(H,24,25). The number of carboxylic acid groups (broad SMARTS) is 2. The van der Waals surface area contributed by atoms with Crippen LogP contribution in [0.25, 0.3) is 0 Å². The first kappa shape index (κ1) is 18.7. The lowest BCUT2D eigenvalue weighted by Gasteiger charge is -2.09. The highest BCUT2D eigenvalue weighted by atomic mass is 16.4. The van der Waals surface area contributed by atoms with Crippen LogP contribution in [0.3, 0.4) is 0 Å². The van der Waals surface area contributed by atoms with E-state index in [1.165, 1.54) is 49.4 Å². The number of rotatable bonds is 9. The van der Waals surface area contributed by atoms with Gasteiger partial charge in [0.15, 0.2) is 0 Å². The molecule has 0 saturated heterocycles. The quantitative estimate of drug-likeness (QED) is 0.643. The minimum absolute atomic E-state index is 0.104. The maximum atomic E-state index is 11.4. The number of aromatic carboxylic acids is 2. The molecule has 0 fully saturated rings. The van der Waals surface area contributed by atoms with Crippen molar-refractivity contribution in [1.82, 2.24) is 0 Å². The number of carbonyl (C=O) groups is 2. The van der Waals surface area contributed by atoms with E-state index in [-0.39, 0.29) is 11.1 Å². The molecular formula is C21H24O4. The SMILES string of the molecule is CCCCCCc1ccc(Cc2cc(C(=O)O)ccc2C(=O)O)cc1. The molecule has 0 aromatic heterocycles. The van der Waals surface area contributed by atoms with Crippen LogP contribution in [0.5, 0.6) is 0 Å². The molecule has 4 heteroatoms. The number of carboxylic acids is 2. The predicted molar refractivity (Wildman–Crippen MR) is 97.5 cm³/mol. The summed E-state index contributed by atoms with van der Waals surface area (Å²) in [4.78, 5) is 22.5. The highest BCUT2D eigenvalue weighted by Gasteiger charge is 2.14. The van der Waals surface area contributed by atoms with E-state index in [2.05, 4.69) is 19.1 Å². The molecule has 2 aromatic carbocycles. The molecule has 25 heavy (non-hydrogen) atoms. The van der Waals surface area contributed by atoms with Gasteiger partial charge >= 0.3 is 11.9 Å². The lowest BCUT2D eigenvalue weighted by molar-refractivity contribution is 0.0680. The van der Waals surface area contributed by atoms with Crippen LogP contribution < -0.4 is 0 Å². The normalized spacial score (nSPS) is 10.6. The number of aryl methyl sites for hydroxylation is 1. The van der Waals surface area contributed by atoms with Crippen LogP contribution in [0.4, 0.5) is 0 Å². The van der Waals surface area contributed by atoms with Gasteiger partial charge in [-0.05, 0) is 54.2 Å². The van der Waals surface area contributed by atoms with Crippen molar-refractivity contribution < 1.29 is 19.8 Å². The number of unbranched alkanes of at least 4 members (excludes halogenated alkanes) is 3. The van der Waals surface area contributed by atoms with Gasteiger partial charge in [-0.25, -0.2) is 9.59 Å². The fourth-order valence-corrected chi connectivity index (χ4v) is 2.88. The number of hydrogen-bond donors (Lipinski definition) is 2. The second-order valence-corrected chi connectivity index (χ2v) is 6.29. The second kappa shape index (κ2) is 9.02. The summed E-state index contributed by atoms with van der Waals surface area (Å²) < 4.78 is 0. The molecule has 2 N–H and O–H groups in total. The van der Waals surface area contributed by atoms with Crippen LogP contribution in [0, 0.1) is 0 Å². The molecule has 2 rings (SSSR count). The van der Waals surface area contributed by atoms with Gasteiger partial charge in [0.05, 0.1) is 11.1 Å². The molecule has 132 valence electrons. The van der Waals surface area contributed by atoms with Crippen molar-refractivity contribution in [1.29, 1.82) is 0 Å². The van der Waals surface area contributed by atoms with Crippen LogP contribution in [-0.4, -0.2) is 22.2 Å². The van der Waals surface area contributed by atoms with Gasteiger partial charge in [0.25, 0.3) is 0 Å². The smallest absolute Gasteiger partial charge is 0.335 e. The molecule has 0 aliphatic rings. The van der Waals surface area contributed by atoms with Crippen molar-refractivity contribution in [2.24, 2.45) is 0 Å². The summed E-state index contributed by atoms with van der Waals surface area (Å²) in [6, 6.07) is 12.3. The molecule has 0 radical (unpaired) electrons. The third-order valence-corrected chi connectivity index (χ3v) is 4.32. The van der Waals surface area contributed by atoms with Crippen molar-refractivity contribution in [2.45, 2.75) is 45.4 Å². The first-order valence-corrected chi connectivity index (χ1v) is 8.68. The van der Waals surface area contributed by atoms with Gasteiger partial charge in [-0.2, -0.15) is 0 Å². The highest BCUT2D eigenvalue weighted by molar-refractivity contribution is 5.93. The molecule has 0 heterocycles. The number of benzene rings is 2. The van der Waals surface area contributed by atoms with Crippen LogP contribution in [-0.2, 0) is 12.8 Å². The Bertz CT molecular complexity index is 732. The van der Waals surface area contributed by atoms with Gasteiger partial charge in [0.2, 0.25) is 0 Å². The van der Waals surface area contributed by atoms with E-state index >= 15 is 0 Å². The Morgan fingerprint density at radius 2 is 1.52 bits per heavy atom. The summed E-state index contributed by atoms with van der Waals surface area (Å²) in [5.41, 5.74) is 3.02. The maximum Gasteiger partial charge on any atom is 0.335 e. The van der Waals surface area contributed by atoms with E-state index in [1.54, 1.807) is 0 Å². The summed E-state index contributed by atoms with van der Waals surface area (Å²) in [5.74, 6) is -2.10. The fourth-order valence-electron chi connectivity index (χ4n) is 2.88. The van der Waals surface area contributed by atoms with E-state index < -0.39 is 11.9 Å². The van der Waals surface area contributed by atoms with Crippen LogP contribution in [0.2, 0.25) is 0 Å². The molecular weight excluding hydrogens is 316 g/mol. The predicted octanol–water partition coefficient (Wildman–Crippen LogP) is 4.80. The first-order valence-electron chi connectivity index (χ1n) is 8.68. The maximum absolute atomic E-state index is 11.4. The van der Waals surface area contributed by atoms with E-state index in [4.69, 9.17) is 5.11 Å². The Morgan fingerprint density at radius 1 is 0.840 bits per heavy atom. The van der Waals surface area contributed by atoms with Crippen LogP contribution >= 0.6 is 0 Å². The lowest BCUT2D eigenvalue weighted by atomic mass is 9.96. The zero-order valence-corrected chi connectivity index (χ0v) is 14.5. The van der Waals surface area contributed by atoms with Gasteiger partial charge in [0.1, 0.15) is 0 Å². The molecule has 0 aliphatic carbocycles. The minimum Gasteiger partial charge on any atom is -0.478 e. The van der Waals surface area contributed by atoms with E-state index in [1.807, 2.05) is 12.1 Å². The third kappa shape index (κ3) is 5.45. The van der Waals surface area contributed by atoms with Gasteiger partial charge in [-0.3, -0.25) is 0 Å². The Hall–Kier alpha value is -2.62. The second-order valence-electron chi connectivity index (χ2n) is 6.29. The summed E-state index contributed by atoms with van der Waals surface area (Å²) in [7, 11) is 0. The largest absolute Gasteiger partial charge is 0.478 e. The lowest BCUT2D eigenvalue weighted by Crippen LogP contribution is -2.06. The molecule has 0 bridgehead atoms. The fraction of sp³-hybridized carbons (Fsp3) is 0.333. The summed E-state index contributed by atoms with van der Waals surface area (Å²) in [5, 5.41) is 18.4. The monoisotopic (exact) mass is 340 g/mol. The van der Waals surface area contributed by atoms with Gasteiger partial charge in [-0.15, -0.1) is 0 Å². The average molecular weight is 340 g/mol. The van der Waals surface area contributed by atoms with Crippen LogP contribution in [0.1, 0.15) is 70.0 Å².